The molecule has 1 heteroatoms. The molecule has 0 unspecified atom stereocenters. The van der Waals surface area contributed by atoms with Gasteiger partial charge in [-0.1, -0.05) is 0 Å². The van der Waals surface area contributed by atoms with Crippen molar-refractivity contribution < 1.29 is 0 Å². The molecule has 0 N–H and O–H groups in total. The van der Waals surface area contributed by atoms with Crippen LogP contribution in [0.1, 0.15) is 76.0 Å². The Morgan fingerprint density at radius 2 is 1.21 bits per heavy atom. The second kappa shape index (κ2) is 12.5. The van der Waals surface area contributed by atoms with Gasteiger partial charge in [0.1, 0.15) is 0 Å². The summed E-state index contributed by atoms with van der Waals surface area (Å²) in [6.07, 6.45) is 10.8. The predicted octanol–water partition coefficient (Wildman–Crippen LogP) is 8.92. The predicted molar refractivity (Wildman–Crippen MR) is 130 cm³/mol. The van der Waals surface area contributed by atoms with Crippen LogP contribution < -0.4 is 0 Å². The van der Waals surface area contributed by atoms with E-state index in [0.29, 0.717) is 0 Å². The Morgan fingerprint density at radius 3 is 1.71 bits per heavy atom. The number of aryl methyl sites for hydroxylation is 1. The van der Waals surface area contributed by atoms with Crippen LogP contribution in [0.4, 0.5) is 0 Å². The van der Waals surface area contributed by atoms with Crippen molar-refractivity contribution in [2.75, 3.05) is 0 Å². The Bertz CT molecular complexity index is 692. The molecule has 0 aromatic heterocycles. The number of hydrogen-bond donors (Lipinski definition) is 0. The zero-order chi connectivity index (χ0) is 20.2. The molecule has 2 aromatic carbocycles. The molecule has 0 radical (unpaired) electrons. The van der Waals surface area contributed by atoms with Gasteiger partial charge < -0.3 is 0 Å². The summed E-state index contributed by atoms with van der Waals surface area (Å²) < 4.78 is 6.32. The Morgan fingerprint density at radius 1 is 0.714 bits per heavy atom. The van der Waals surface area contributed by atoms with Gasteiger partial charge in [-0.2, -0.15) is 0 Å². The molecule has 0 spiro atoms. The van der Waals surface area contributed by atoms with Crippen molar-refractivity contribution in [2.45, 2.75) is 79.5 Å². The summed E-state index contributed by atoms with van der Waals surface area (Å²) in [5.41, 5.74) is 4.38. The molecule has 152 valence electrons. The van der Waals surface area contributed by atoms with Crippen molar-refractivity contribution in [3.05, 3.63) is 71.3 Å². The molecule has 0 aliphatic heterocycles. The van der Waals surface area contributed by atoms with Gasteiger partial charge in [-0.05, 0) is 0 Å². The topological polar surface area (TPSA) is 0 Å². The van der Waals surface area contributed by atoms with E-state index in [4.69, 9.17) is 0 Å². The van der Waals surface area contributed by atoms with E-state index in [1.807, 2.05) is 0 Å². The average Bonchev–Trinajstić information content (AvgIpc) is 2.73. The Balaban J connectivity index is 2.64. The van der Waals surface area contributed by atoms with Gasteiger partial charge in [0.05, 0.1) is 0 Å². The molecule has 0 bridgehead atoms. The molecule has 0 amide bonds. The minimum atomic E-state index is -2.54. The van der Waals surface area contributed by atoms with Crippen LogP contribution in [-0.2, 0) is 0 Å². The minimum absolute atomic E-state index is 1.32. The van der Waals surface area contributed by atoms with Gasteiger partial charge in [0.2, 0.25) is 0 Å². The molecule has 2 rings (SSSR count). The van der Waals surface area contributed by atoms with E-state index >= 15 is 0 Å². The van der Waals surface area contributed by atoms with Gasteiger partial charge in [0, 0.05) is 0 Å². The van der Waals surface area contributed by atoms with Crippen LogP contribution in [0.25, 0.3) is 9.67 Å². The van der Waals surface area contributed by atoms with E-state index in [0.717, 1.165) is 0 Å². The van der Waals surface area contributed by atoms with Crippen LogP contribution in [0.3, 0.4) is 0 Å². The normalized spacial score (nSPS) is 12.4. The molecule has 0 saturated heterocycles. The third-order valence-electron chi connectivity index (χ3n) is 6.14. The summed E-state index contributed by atoms with van der Waals surface area (Å²) in [5.74, 6) is 0. The summed E-state index contributed by atoms with van der Waals surface area (Å²) in [4.78, 5) is 0. The summed E-state index contributed by atoms with van der Waals surface area (Å²) in [5, 5.41) is 0. The Hall–Kier alpha value is -1.02. The van der Waals surface area contributed by atoms with Gasteiger partial charge in [-0.15, -0.1) is 0 Å². The van der Waals surface area contributed by atoms with Crippen LogP contribution in [-0.4, -0.2) is 18.4 Å². The monoisotopic (exact) mass is 484 g/mol. The third kappa shape index (κ3) is 6.51. The summed E-state index contributed by atoms with van der Waals surface area (Å²) in [6.45, 7) is 9.41. The van der Waals surface area contributed by atoms with Gasteiger partial charge in [-0.25, -0.2) is 0 Å². The molecular formula is C27H40Sn. The zero-order valence-electron chi connectivity index (χ0n) is 18.6. The molecule has 0 fully saturated rings. The summed E-state index contributed by atoms with van der Waals surface area (Å²) in [7, 11) is 0. The number of hydrogen-bond acceptors (Lipinski definition) is 0. The van der Waals surface area contributed by atoms with Crippen molar-refractivity contribution >= 4 is 28.0 Å². The molecule has 28 heavy (non-hydrogen) atoms. The quantitative estimate of drug-likeness (QED) is 0.209. The SMILES string of the molecule is CCC[CH2][Sn]([CH2]CCC)([CH2]CCC)/[C](=C/c1ccccc1)c1ccccc1C. The fourth-order valence-electron chi connectivity index (χ4n) is 4.43. The van der Waals surface area contributed by atoms with Crippen LogP contribution in [0.2, 0.25) is 13.3 Å². The van der Waals surface area contributed by atoms with Crippen LogP contribution in [0.5, 0.6) is 0 Å². The Kier molecular flexibility index (Phi) is 10.4. The van der Waals surface area contributed by atoms with Gasteiger partial charge in [0.15, 0.2) is 0 Å². The summed E-state index contributed by atoms with van der Waals surface area (Å²) in [6, 6.07) is 20.2. The van der Waals surface area contributed by atoms with Crippen LogP contribution >= 0.6 is 0 Å². The fraction of sp³-hybridized carbons (Fsp3) is 0.481. The van der Waals surface area contributed by atoms with Crippen molar-refractivity contribution in [1.82, 2.24) is 0 Å². The molecule has 0 saturated carbocycles. The second-order valence-electron chi connectivity index (χ2n) is 8.37. The maximum absolute atomic E-state index is 2.60. The second-order valence-corrected chi connectivity index (χ2v) is 21.5. The van der Waals surface area contributed by atoms with Gasteiger partial charge in [0.25, 0.3) is 0 Å². The van der Waals surface area contributed by atoms with E-state index in [-0.39, 0.29) is 0 Å². The molecule has 0 aliphatic rings. The van der Waals surface area contributed by atoms with E-state index in [1.54, 1.807) is 9.15 Å². The molecule has 0 atom stereocenters. The van der Waals surface area contributed by atoms with Crippen molar-refractivity contribution in [3.63, 3.8) is 0 Å². The first kappa shape index (κ1) is 23.3. The van der Waals surface area contributed by atoms with Crippen molar-refractivity contribution in [3.8, 4) is 0 Å². The van der Waals surface area contributed by atoms with Crippen molar-refractivity contribution in [2.24, 2.45) is 0 Å². The first-order valence-electron chi connectivity index (χ1n) is 11.5. The average molecular weight is 483 g/mol. The van der Waals surface area contributed by atoms with Crippen LogP contribution in [0, 0.1) is 6.92 Å². The number of rotatable bonds is 12. The van der Waals surface area contributed by atoms with Crippen LogP contribution in [0.15, 0.2) is 54.6 Å². The summed E-state index contributed by atoms with van der Waals surface area (Å²) >= 11 is -2.54. The molecule has 0 aliphatic carbocycles. The van der Waals surface area contributed by atoms with Gasteiger partial charge in [-0.3, -0.25) is 0 Å². The Labute approximate surface area is 178 Å². The number of benzene rings is 2. The molecular weight excluding hydrogens is 443 g/mol. The fourth-order valence-corrected chi connectivity index (χ4v) is 21.5. The zero-order valence-corrected chi connectivity index (χ0v) is 21.5. The van der Waals surface area contributed by atoms with E-state index in [1.165, 1.54) is 63.0 Å². The molecule has 2 aromatic rings. The number of unbranched alkanes of at least 4 members (excludes halogenated alkanes) is 3. The standard InChI is InChI=1S/C15H13.3C4H9.Sn/c1-13-7-5-6-10-15(13)12-11-14-8-3-2-4-9-14;3*1-3-4-2;/h2-11H,1H3;3*1,3-4H2,2H3;. The van der Waals surface area contributed by atoms with E-state index < -0.39 is 18.4 Å². The third-order valence-corrected chi connectivity index (χ3v) is 21.8. The van der Waals surface area contributed by atoms with Crippen molar-refractivity contribution in [1.29, 1.82) is 0 Å². The maximum atomic E-state index is 2.60. The first-order chi connectivity index (χ1) is 13.7. The molecule has 0 heterocycles. The van der Waals surface area contributed by atoms with E-state index in [2.05, 4.69) is 88.4 Å². The first-order valence-corrected chi connectivity index (χ1v) is 19.0. The van der Waals surface area contributed by atoms with Gasteiger partial charge >= 0.3 is 179 Å². The molecule has 0 nitrogen and oxygen atoms in total. The van der Waals surface area contributed by atoms with E-state index in [9.17, 15) is 0 Å².